The summed E-state index contributed by atoms with van der Waals surface area (Å²) < 4.78 is 4.86. The maximum atomic E-state index is 5.08. The molecule has 6 aromatic carbocycles. The number of hydrogen-bond acceptors (Lipinski definition) is 4. The zero-order valence-electron chi connectivity index (χ0n) is 23.6. The minimum absolute atomic E-state index is 0.652. The van der Waals surface area contributed by atoms with Gasteiger partial charge in [-0.15, -0.1) is 11.3 Å². The van der Waals surface area contributed by atoms with Gasteiger partial charge in [0.05, 0.1) is 16.7 Å². The van der Waals surface area contributed by atoms with E-state index in [1.807, 2.05) is 72.0 Å². The van der Waals surface area contributed by atoms with E-state index in [9.17, 15) is 0 Å². The van der Waals surface area contributed by atoms with Crippen LogP contribution >= 0.6 is 11.3 Å². The Hall–Kier alpha value is -5.65. The highest BCUT2D eigenvalue weighted by molar-refractivity contribution is 7.26. The van der Waals surface area contributed by atoms with Crippen molar-refractivity contribution < 1.29 is 0 Å². The van der Waals surface area contributed by atoms with Crippen LogP contribution in [0.15, 0.2) is 146 Å². The average Bonchev–Trinajstić information content (AvgIpc) is 3.64. The Bertz CT molecular complexity index is 2380. The van der Waals surface area contributed by atoms with E-state index >= 15 is 0 Å². The van der Waals surface area contributed by atoms with E-state index in [2.05, 4.69) is 89.5 Å². The van der Waals surface area contributed by atoms with E-state index in [1.54, 1.807) is 0 Å². The molecule has 0 saturated heterocycles. The van der Waals surface area contributed by atoms with Gasteiger partial charge in [0.2, 0.25) is 0 Å². The molecule has 0 unspecified atom stereocenters. The Morgan fingerprint density at radius 2 is 0.886 bits per heavy atom. The maximum absolute atomic E-state index is 5.08. The number of benzene rings is 6. The summed E-state index contributed by atoms with van der Waals surface area (Å²) >= 11 is 1.81. The van der Waals surface area contributed by atoms with E-state index in [0.29, 0.717) is 17.5 Å². The van der Waals surface area contributed by atoms with Gasteiger partial charge in [0, 0.05) is 47.6 Å². The van der Waals surface area contributed by atoms with Crippen molar-refractivity contribution >= 4 is 53.3 Å². The summed E-state index contributed by atoms with van der Waals surface area (Å²) in [6.07, 6.45) is 0. The summed E-state index contributed by atoms with van der Waals surface area (Å²) in [5.74, 6) is 1.97. The average molecular weight is 581 g/mol. The van der Waals surface area contributed by atoms with E-state index in [0.717, 1.165) is 22.4 Å². The Labute approximate surface area is 257 Å². The van der Waals surface area contributed by atoms with Crippen LogP contribution in [0.3, 0.4) is 0 Å². The van der Waals surface area contributed by atoms with Gasteiger partial charge >= 0.3 is 0 Å². The lowest BCUT2D eigenvalue weighted by molar-refractivity contribution is 1.07. The van der Waals surface area contributed by atoms with Crippen molar-refractivity contribution in [1.29, 1.82) is 0 Å². The van der Waals surface area contributed by atoms with Crippen LogP contribution in [-0.4, -0.2) is 19.5 Å². The summed E-state index contributed by atoms with van der Waals surface area (Å²) in [6.45, 7) is 0. The summed E-state index contributed by atoms with van der Waals surface area (Å²) in [7, 11) is 0. The third-order valence-corrected chi connectivity index (χ3v) is 9.35. The SMILES string of the molecule is c1ccc(-c2nc(-c3ccccc3)nc(-c3cc(-n4c5ccccc5c5ccccc54)c4c(c3)sc3ccccc34)n2)cc1. The predicted octanol–water partition coefficient (Wildman–Crippen LogP) is 10.3. The van der Waals surface area contributed by atoms with Crippen molar-refractivity contribution in [1.82, 2.24) is 19.5 Å². The van der Waals surface area contributed by atoms with Gasteiger partial charge < -0.3 is 4.57 Å². The molecule has 9 rings (SSSR count). The minimum atomic E-state index is 0.652. The fourth-order valence-electron chi connectivity index (χ4n) is 6.26. The lowest BCUT2D eigenvalue weighted by Crippen LogP contribution is -2.01. The van der Waals surface area contributed by atoms with Gasteiger partial charge in [-0.3, -0.25) is 0 Å². The topological polar surface area (TPSA) is 43.6 Å². The van der Waals surface area contributed by atoms with Gasteiger partial charge in [0.1, 0.15) is 0 Å². The molecule has 0 radical (unpaired) electrons. The Kier molecular flexibility index (Phi) is 5.64. The summed E-state index contributed by atoms with van der Waals surface area (Å²) in [5, 5.41) is 4.96. The van der Waals surface area contributed by atoms with Crippen LogP contribution in [0.5, 0.6) is 0 Å². The molecule has 0 aliphatic rings. The highest BCUT2D eigenvalue weighted by Gasteiger charge is 2.20. The normalized spacial score (nSPS) is 11.6. The molecule has 0 saturated carbocycles. The Balaban J connectivity index is 1.39. The fourth-order valence-corrected chi connectivity index (χ4v) is 7.42. The molecular formula is C39H24N4S. The van der Waals surface area contributed by atoms with Crippen molar-refractivity contribution in [3.63, 3.8) is 0 Å². The Morgan fingerprint density at radius 1 is 0.409 bits per heavy atom. The molecule has 3 aromatic heterocycles. The molecular weight excluding hydrogens is 557 g/mol. The number of nitrogens with zero attached hydrogens (tertiary/aromatic N) is 4. The molecule has 5 heteroatoms. The molecule has 3 heterocycles. The minimum Gasteiger partial charge on any atom is -0.309 e. The van der Waals surface area contributed by atoms with E-state index in [4.69, 9.17) is 15.0 Å². The first-order chi connectivity index (χ1) is 21.8. The third kappa shape index (κ3) is 3.94. The summed E-state index contributed by atoms with van der Waals surface area (Å²) in [5.41, 5.74) is 6.34. The van der Waals surface area contributed by atoms with E-state index in [-0.39, 0.29) is 0 Å². The van der Waals surface area contributed by atoms with Crippen LogP contribution in [-0.2, 0) is 0 Å². The second-order valence-corrected chi connectivity index (χ2v) is 12.0. The molecule has 0 aliphatic carbocycles. The maximum Gasteiger partial charge on any atom is 0.164 e. The molecule has 0 N–H and O–H groups in total. The standard InChI is InChI=1S/C39H24N4S/c1-3-13-25(14-4-1)37-40-38(26-15-5-2-6-16-26)42-39(41-37)27-23-33(36-30-19-9-12-22-34(30)44-35(36)24-27)43-31-20-10-7-17-28(31)29-18-8-11-21-32(29)43/h1-24H. The number of hydrogen-bond donors (Lipinski definition) is 0. The number of para-hydroxylation sites is 2. The number of aromatic nitrogens is 4. The van der Waals surface area contributed by atoms with Gasteiger partial charge in [0.25, 0.3) is 0 Å². The smallest absolute Gasteiger partial charge is 0.164 e. The van der Waals surface area contributed by atoms with Crippen molar-refractivity contribution in [3.8, 4) is 39.9 Å². The lowest BCUT2D eigenvalue weighted by atomic mass is 10.1. The number of fused-ring (bicyclic) bond motifs is 6. The molecule has 0 fully saturated rings. The van der Waals surface area contributed by atoms with Crippen LogP contribution in [0.25, 0.3) is 81.8 Å². The summed E-state index contributed by atoms with van der Waals surface area (Å²) in [4.78, 5) is 15.1. The largest absolute Gasteiger partial charge is 0.309 e. The highest BCUT2D eigenvalue weighted by atomic mass is 32.1. The molecule has 0 atom stereocenters. The number of thiophene rings is 1. The van der Waals surface area contributed by atoms with Gasteiger partial charge in [-0.2, -0.15) is 0 Å². The molecule has 0 aliphatic heterocycles. The van der Waals surface area contributed by atoms with Crippen molar-refractivity contribution in [2.75, 3.05) is 0 Å². The van der Waals surface area contributed by atoms with E-state index < -0.39 is 0 Å². The Morgan fingerprint density at radius 3 is 1.48 bits per heavy atom. The predicted molar refractivity (Wildman–Crippen MR) is 183 cm³/mol. The van der Waals surface area contributed by atoms with Gasteiger partial charge in [-0.25, -0.2) is 15.0 Å². The monoisotopic (exact) mass is 580 g/mol. The van der Waals surface area contributed by atoms with Gasteiger partial charge in [-0.1, -0.05) is 115 Å². The molecule has 4 nitrogen and oxygen atoms in total. The number of rotatable bonds is 4. The van der Waals surface area contributed by atoms with Gasteiger partial charge in [-0.05, 0) is 30.3 Å². The van der Waals surface area contributed by atoms with Crippen molar-refractivity contribution in [2.45, 2.75) is 0 Å². The molecule has 0 bridgehead atoms. The zero-order chi connectivity index (χ0) is 29.0. The lowest BCUT2D eigenvalue weighted by Gasteiger charge is -2.13. The van der Waals surface area contributed by atoms with Crippen molar-refractivity contribution in [2.24, 2.45) is 0 Å². The van der Waals surface area contributed by atoms with Gasteiger partial charge in [0.15, 0.2) is 17.5 Å². The highest BCUT2D eigenvalue weighted by Crippen LogP contribution is 2.43. The van der Waals surface area contributed by atoms with E-state index in [1.165, 1.54) is 42.0 Å². The van der Waals surface area contributed by atoms with Crippen molar-refractivity contribution in [3.05, 3.63) is 146 Å². The first-order valence-electron chi connectivity index (χ1n) is 14.6. The van der Waals surface area contributed by atoms with Crippen LogP contribution in [0.1, 0.15) is 0 Å². The van der Waals surface area contributed by atoms with Crippen LogP contribution in [0, 0.1) is 0 Å². The molecule has 0 spiro atoms. The molecule has 44 heavy (non-hydrogen) atoms. The first-order valence-corrected chi connectivity index (χ1v) is 15.4. The molecule has 206 valence electrons. The second-order valence-electron chi connectivity index (χ2n) is 10.9. The first kappa shape index (κ1) is 24.9. The molecule has 9 aromatic rings. The van der Waals surface area contributed by atoms with Crippen LogP contribution in [0.2, 0.25) is 0 Å². The fraction of sp³-hybridized carbons (Fsp3) is 0. The zero-order valence-corrected chi connectivity index (χ0v) is 24.4. The van der Waals surface area contributed by atoms with Crippen LogP contribution < -0.4 is 0 Å². The molecule has 0 amide bonds. The third-order valence-electron chi connectivity index (χ3n) is 8.24. The van der Waals surface area contributed by atoms with Crippen LogP contribution in [0.4, 0.5) is 0 Å². The summed E-state index contributed by atoms with van der Waals surface area (Å²) in [6, 6.07) is 50.8. The second kappa shape index (κ2) is 9.97. The quantitative estimate of drug-likeness (QED) is 0.208.